The first-order valence-corrected chi connectivity index (χ1v) is 8.50. The van der Waals surface area contributed by atoms with E-state index in [0.717, 1.165) is 5.17 Å². The SMILES string of the molecule is C[C@@H](Oc1ccccc1)[C@H]1O[C@@H]2SC(N(C)C)=N[C@@H]2[C@@H](O)[C@@H]1O. The minimum atomic E-state index is -1.04. The van der Waals surface area contributed by atoms with Crippen molar-refractivity contribution in [1.82, 2.24) is 4.90 Å². The van der Waals surface area contributed by atoms with E-state index in [9.17, 15) is 10.2 Å². The van der Waals surface area contributed by atoms with Gasteiger partial charge in [-0.15, -0.1) is 0 Å². The van der Waals surface area contributed by atoms with Gasteiger partial charge in [0.05, 0.1) is 0 Å². The van der Waals surface area contributed by atoms with Crippen molar-refractivity contribution >= 4 is 16.9 Å². The van der Waals surface area contributed by atoms with Gasteiger partial charge in [0, 0.05) is 14.1 Å². The Labute approximate surface area is 140 Å². The van der Waals surface area contributed by atoms with Crippen molar-refractivity contribution in [1.29, 1.82) is 0 Å². The molecule has 0 aliphatic carbocycles. The van der Waals surface area contributed by atoms with E-state index in [2.05, 4.69) is 4.99 Å². The van der Waals surface area contributed by atoms with Crippen LogP contribution in [0.5, 0.6) is 5.75 Å². The highest BCUT2D eigenvalue weighted by molar-refractivity contribution is 8.14. The van der Waals surface area contributed by atoms with E-state index >= 15 is 0 Å². The van der Waals surface area contributed by atoms with Gasteiger partial charge in [-0.05, 0) is 19.1 Å². The van der Waals surface area contributed by atoms with Gasteiger partial charge in [-0.1, -0.05) is 30.0 Å². The molecular weight excluding hydrogens is 316 g/mol. The van der Waals surface area contributed by atoms with Crippen LogP contribution in [-0.4, -0.2) is 70.3 Å². The van der Waals surface area contributed by atoms with Gasteiger partial charge in [-0.25, -0.2) is 0 Å². The smallest absolute Gasteiger partial charge is 0.161 e. The molecule has 6 atom stereocenters. The van der Waals surface area contributed by atoms with E-state index < -0.39 is 30.5 Å². The number of aliphatic hydroxyl groups is 2. The first-order valence-electron chi connectivity index (χ1n) is 7.62. The molecule has 0 amide bonds. The maximum Gasteiger partial charge on any atom is 0.161 e. The molecule has 23 heavy (non-hydrogen) atoms. The lowest BCUT2D eigenvalue weighted by atomic mass is 9.95. The Morgan fingerprint density at radius 1 is 1.22 bits per heavy atom. The van der Waals surface area contributed by atoms with Crippen LogP contribution in [0.3, 0.4) is 0 Å². The number of amidine groups is 1. The molecule has 7 heteroatoms. The van der Waals surface area contributed by atoms with E-state index in [1.54, 1.807) is 0 Å². The van der Waals surface area contributed by atoms with Crippen molar-refractivity contribution in [2.24, 2.45) is 4.99 Å². The lowest BCUT2D eigenvalue weighted by Crippen LogP contribution is -2.58. The number of fused-ring (bicyclic) bond motifs is 1. The molecular formula is C16H22N2O4S. The molecule has 1 aromatic carbocycles. The van der Waals surface area contributed by atoms with Gasteiger partial charge in [0.15, 0.2) is 5.17 Å². The van der Waals surface area contributed by atoms with Crippen LogP contribution in [0.25, 0.3) is 0 Å². The summed E-state index contributed by atoms with van der Waals surface area (Å²) in [6.45, 7) is 1.83. The van der Waals surface area contributed by atoms with Crippen LogP contribution in [0.4, 0.5) is 0 Å². The molecule has 2 aliphatic rings. The predicted molar refractivity (Wildman–Crippen MR) is 89.7 cm³/mol. The fraction of sp³-hybridized carbons (Fsp3) is 0.562. The van der Waals surface area contributed by atoms with Crippen LogP contribution in [-0.2, 0) is 4.74 Å². The standard InChI is InChI=1S/C16H22N2O4S/c1-9(21-10-7-5-4-6-8-10)14-13(20)12(19)11-15(22-14)23-16(17-11)18(2)3/h4-9,11-15,19-20H,1-3H3/t9-,11-,12-,13+,14-,15-/m1/s1. The second kappa shape index (κ2) is 6.68. The summed E-state index contributed by atoms with van der Waals surface area (Å²) < 4.78 is 11.8. The lowest BCUT2D eigenvalue weighted by Gasteiger charge is -2.40. The molecule has 3 rings (SSSR count). The van der Waals surface area contributed by atoms with Gasteiger partial charge in [-0.3, -0.25) is 4.99 Å². The summed E-state index contributed by atoms with van der Waals surface area (Å²) in [6.07, 6.45) is -3.02. The first kappa shape index (κ1) is 16.6. The Bertz CT molecular complexity index is 568. The number of thioether (sulfide) groups is 1. The van der Waals surface area contributed by atoms with Gasteiger partial charge in [0.1, 0.15) is 41.6 Å². The van der Waals surface area contributed by atoms with Crippen molar-refractivity contribution in [2.45, 2.75) is 42.8 Å². The Morgan fingerprint density at radius 2 is 1.91 bits per heavy atom. The highest BCUT2D eigenvalue weighted by atomic mass is 32.2. The molecule has 2 N–H and O–H groups in total. The Balaban J connectivity index is 1.71. The second-order valence-electron chi connectivity index (χ2n) is 6.00. The number of aliphatic hydroxyl groups excluding tert-OH is 2. The molecule has 0 aromatic heterocycles. The van der Waals surface area contributed by atoms with Crippen LogP contribution in [0.2, 0.25) is 0 Å². The van der Waals surface area contributed by atoms with E-state index in [4.69, 9.17) is 9.47 Å². The van der Waals surface area contributed by atoms with Crippen LogP contribution in [0.1, 0.15) is 6.92 Å². The summed E-state index contributed by atoms with van der Waals surface area (Å²) >= 11 is 1.46. The number of benzene rings is 1. The van der Waals surface area contributed by atoms with Crippen molar-refractivity contribution in [3.63, 3.8) is 0 Å². The zero-order chi connectivity index (χ0) is 16.6. The average Bonchev–Trinajstić information content (AvgIpc) is 2.96. The quantitative estimate of drug-likeness (QED) is 0.854. The molecule has 1 saturated heterocycles. The van der Waals surface area contributed by atoms with Gasteiger partial charge in [0.2, 0.25) is 0 Å². The summed E-state index contributed by atoms with van der Waals surface area (Å²) in [4.78, 5) is 6.33. The lowest BCUT2D eigenvalue weighted by molar-refractivity contribution is -0.177. The van der Waals surface area contributed by atoms with E-state index in [-0.39, 0.29) is 5.44 Å². The third-order valence-electron chi connectivity index (χ3n) is 4.00. The van der Waals surface area contributed by atoms with Crippen molar-refractivity contribution in [3.05, 3.63) is 30.3 Å². The second-order valence-corrected chi connectivity index (χ2v) is 7.07. The molecule has 0 unspecified atom stereocenters. The number of rotatable bonds is 3. The molecule has 1 aromatic rings. The fourth-order valence-electron chi connectivity index (χ4n) is 2.76. The Morgan fingerprint density at radius 3 is 2.57 bits per heavy atom. The molecule has 0 radical (unpaired) electrons. The molecule has 0 spiro atoms. The van der Waals surface area contributed by atoms with Crippen LogP contribution in [0.15, 0.2) is 35.3 Å². The minimum absolute atomic E-state index is 0.308. The van der Waals surface area contributed by atoms with Crippen LogP contribution < -0.4 is 4.74 Å². The first-order chi connectivity index (χ1) is 11.0. The van der Waals surface area contributed by atoms with E-state index in [0.29, 0.717) is 5.75 Å². The highest BCUT2D eigenvalue weighted by Gasteiger charge is 2.50. The maximum absolute atomic E-state index is 10.4. The minimum Gasteiger partial charge on any atom is -0.488 e. The third kappa shape index (κ3) is 3.33. The van der Waals surface area contributed by atoms with Crippen LogP contribution in [0, 0.1) is 0 Å². The Hall–Kier alpha value is -1.28. The Kier molecular flexibility index (Phi) is 4.82. The van der Waals surface area contributed by atoms with Crippen LogP contribution >= 0.6 is 11.8 Å². The number of hydrogen-bond donors (Lipinski definition) is 2. The summed E-state index contributed by atoms with van der Waals surface area (Å²) in [6, 6.07) is 8.93. The number of aliphatic imine (C=N–C) groups is 1. The van der Waals surface area contributed by atoms with E-state index in [1.807, 2.05) is 56.3 Å². The largest absolute Gasteiger partial charge is 0.488 e. The van der Waals surface area contributed by atoms with Gasteiger partial charge >= 0.3 is 0 Å². The number of para-hydroxylation sites is 1. The number of nitrogens with zero attached hydrogens (tertiary/aromatic N) is 2. The summed E-state index contributed by atoms with van der Waals surface area (Å²) in [5, 5.41) is 21.6. The summed E-state index contributed by atoms with van der Waals surface area (Å²) in [5.74, 6) is 0.705. The van der Waals surface area contributed by atoms with Crippen molar-refractivity contribution in [3.8, 4) is 5.75 Å². The highest BCUT2D eigenvalue weighted by Crippen LogP contribution is 2.38. The monoisotopic (exact) mass is 338 g/mol. The van der Waals surface area contributed by atoms with Crippen molar-refractivity contribution in [2.75, 3.05) is 14.1 Å². The van der Waals surface area contributed by atoms with Gasteiger partial charge in [-0.2, -0.15) is 0 Å². The predicted octanol–water partition coefficient (Wildman–Crippen LogP) is 0.934. The zero-order valence-corrected chi connectivity index (χ0v) is 14.2. The normalized spacial score (nSPS) is 34.5. The zero-order valence-electron chi connectivity index (χ0n) is 13.4. The molecule has 1 fully saturated rings. The molecule has 0 saturated carbocycles. The molecule has 126 valence electrons. The topological polar surface area (TPSA) is 74.5 Å². The van der Waals surface area contributed by atoms with Crippen molar-refractivity contribution < 1.29 is 19.7 Å². The average molecular weight is 338 g/mol. The summed E-state index contributed by atoms with van der Waals surface area (Å²) in [5.41, 5.74) is -0.308. The molecule has 2 heterocycles. The van der Waals surface area contributed by atoms with E-state index in [1.165, 1.54) is 11.8 Å². The molecule has 0 bridgehead atoms. The third-order valence-corrected chi connectivity index (χ3v) is 5.30. The number of hydrogen-bond acceptors (Lipinski definition) is 7. The molecule has 2 aliphatic heterocycles. The van der Waals surface area contributed by atoms with Gasteiger partial charge in [0.25, 0.3) is 0 Å². The molecule has 6 nitrogen and oxygen atoms in total. The van der Waals surface area contributed by atoms with Gasteiger partial charge < -0.3 is 24.6 Å². The fourth-order valence-corrected chi connectivity index (χ4v) is 3.91. The summed E-state index contributed by atoms with van der Waals surface area (Å²) in [7, 11) is 3.79. The maximum atomic E-state index is 10.4. The number of ether oxygens (including phenoxy) is 2.